The lowest BCUT2D eigenvalue weighted by molar-refractivity contribution is -0.116. The zero-order valence-corrected chi connectivity index (χ0v) is 16.3. The first-order valence-electron chi connectivity index (χ1n) is 9.82. The summed E-state index contributed by atoms with van der Waals surface area (Å²) in [7, 11) is 0. The molecule has 2 heterocycles. The molecule has 0 unspecified atom stereocenters. The van der Waals surface area contributed by atoms with E-state index >= 15 is 0 Å². The highest BCUT2D eigenvalue weighted by molar-refractivity contribution is 5.91. The van der Waals surface area contributed by atoms with Crippen LogP contribution in [0.2, 0.25) is 0 Å². The van der Waals surface area contributed by atoms with Crippen molar-refractivity contribution in [3.8, 4) is 5.75 Å². The number of nitrogens with one attached hydrogen (secondary N) is 1. The van der Waals surface area contributed by atoms with Crippen molar-refractivity contribution in [1.82, 2.24) is 19.6 Å². The summed E-state index contributed by atoms with van der Waals surface area (Å²) in [5.74, 6) is 1.37. The Bertz CT molecular complexity index is 992. The summed E-state index contributed by atoms with van der Waals surface area (Å²) >= 11 is 0. The Kier molecular flexibility index (Phi) is 5.23. The van der Waals surface area contributed by atoms with Gasteiger partial charge in [-0.25, -0.2) is 9.50 Å². The van der Waals surface area contributed by atoms with Gasteiger partial charge < -0.3 is 10.1 Å². The van der Waals surface area contributed by atoms with Crippen LogP contribution in [-0.2, 0) is 11.2 Å². The van der Waals surface area contributed by atoms with E-state index in [-0.39, 0.29) is 5.91 Å². The molecule has 7 nitrogen and oxygen atoms in total. The Morgan fingerprint density at radius 3 is 2.93 bits per heavy atom. The second-order valence-electron chi connectivity index (χ2n) is 7.33. The molecule has 7 heteroatoms. The molecule has 1 aromatic carbocycles. The summed E-state index contributed by atoms with van der Waals surface area (Å²) in [6, 6.07) is 7.64. The van der Waals surface area contributed by atoms with Crippen molar-refractivity contribution in [2.24, 2.45) is 0 Å². The molecule has 3 aromatic rings. The minimum atomic E-state index is -0.0319. The maximum absolute atomic E-state index is 12.5. The lowest BCUT2D eigenvalue weighted by Crippen LogP contribution is -2.15. The molecule has 1 N–H and O–H groups in total. The van der Waals surface area contributed by atoms with Gasteiger partial charge in [0.25, 0.3) is 5.78 Å². The smallest absolute Gasteiger partial charge is 0.252 e. The van der Waals surface area contributed by atoms with Gasteiger partial charge in [-0.15, -0.1) is 0 Å². The van der Waals surface area contributed by atoms with E-state index in [0.29, 0.717) is 24.7 Å². The highest BCUT2D eigenvalue weighted by Gasteiger charge is 2.17. The van der Waals surface area contributed by atoms with E-state index in [1.807, 2.05) is 38.1 Å². The maximum atomic E-state index is 12.5. The van der Waals surface area contributed by atoms with Gasteiger partial charge in [0.1, 0.15) is 12.1 Å². The van der Waals surface area contributed by atoms with Gasteiger partial charge >= 0.3 is 0 Å². The maximum Gasteiger partial charge on any atom is 0.252 e. The average molecular weight is 379 g/mol. The van der Waals surface area contributed by atoms with Crippen LogP contribution in [0.4, 0.5) is 5.69 Å². The first-order valence-corrected chi connectivity index (χ1v) is 9.82. The number of benzene rings is 1. The van der Waals surface area contributed by atoms with Crippen molar-refractivity contribution >= 4 is 17.4 Å². The number of anilines is 1. The van der Waals surface area contributed by atoms with Gasteiger partial charge in [-0.3, -0.25) is 4.79 Å². The van der Waals surface area contributed by atoms with Gasteiger partial charge in [0.15, 0.2) is 0 Å². The number of carbonyl (C=O) groups excluding carboxylic acids is 1. The molecular formula is C21H25N5O2. The van der Waals surface area contributed by atoms with Crippen LogP contribution in [0, 0.1) is 13.8 Å². The zero-order chi connectivity index (χ0) is 19.5. The van der Waals surface area contributed by atoms with Crippen molar-refractivity contribution in [3.05, 3.63) is 47.5 Å². The number of rotatable bonds is 6. The Labute approximate surface area is 164 Å². The van der Waals surface area contributed by atoms with Crippen LogP contribution in [0.25, 0.3) is 5.78 Å². The van der Waals surface area contributed by atoms with Gasteiger partial charge in [0.05, 0.1) is 6.10 Å². The summed E-state index contributed by atoms with van der Waals surface area (Å²) in [6.07, 6.45) is 7.45. The van der Waals surface area contributed by atoms with Crippen molar-refractivity contribution in [2.75, 3.05) is 5.32 Å². The standard InChI is InChI=1S/C21H25N5O2/c1-14-19(15(2)26-21(24-14)22-13-23-26)10-11-20(27)25-16-6-5-9-18(12-16)28-17-7-3-4-8-17/h5-6,9,12-13,17H,3-4,7-8,10-11H2,1-2H3,(H,25,27). The molecule has 1 aliphatic carbocycles. The second kappa shape index (κ2) is 7.96. The second-order valence-corrected chi connectivity index (χ2v) is 7.33. The number of fused-ring (bicyclic) bond motifs is 1. The van der Waals surface area contributed by atoms with Gasteiger partial charge in [0, 0.05) is 29.6 Å². The SMILES string of the molecule is Cc1nc2ncnn2c(C)c1CCC(=O)Nc1cccc(OC2CCCC2)c1. The van der Waals surface area contributed by atoms with Gasteiger partial charge in [-0.2, -0.15) is 10.1 Å². The first-order chi connectivity index (χ1) is 13.6. The summed E-state index contributed by atoms with van der Waals surface area (Å²) in [4.78, 5) is 21.1. The molecular weight excluding hydrogens is 354 g/mol. The van der Waals surface area contributed by atoms with Crippen LogP contribution in [0.5, 0.6) is 5.75 Å². The monoisotopic (exact) mass is 379 g/mol. The number of ether oxygens (including phenoxy) is 1. The van der Waals surface area contributed by atoms with E-state index in [0.717, 1.165) is 41.2 Å². The minimum Gasteiger partial charge on any atom is -0.490 e. The molecule has 0 bridgehead atoms. The Morgan fingerprint density at radius 2 is 2.11 bits per heavy atom. The molecule has 146 valence electrons. The van der Waals surface area contributed by atoms with Gasteiger partial charge in [0.2, 0.25) is 5.91 Å². The van der Waals surface area contributed by atoms with Gasteiger partial charge in [-0.05, 0) is 63.6 Å². The molecule has 0 atom stereocenters. The van der Waals surface area contributed by atoms with E-state index in [9.17, 15) is 4.79 Å². The fourth-order valence-corrected chi connectivity index (χ4v) is 3.83. The summed E-state index contributed by atoms with van der Waals surface area (Å²) < 4.78 is 7.73. The van der Waals surface area contributed by atoms with E-state index in [4.69, 9.17) is 4.74 Å². The third-order valence-electron chi connectivity index (χ3n) is 5.31. The van der Waals surface area contributed by atoms with E-state index < -0.39 is 0 Å². The number of amides is 1. The molecule has 1 fully saturated rings. The molecule has 1 saturated carbocycles. The number of aromatic nitrogens is 4. The van der Waals surface area contributed by atoms with E-state index in [1.54, 1.807) is 4.52 Å². The molecule has 2 aromatic heterocycles. The van der Waals surface area contributed by atoms with Crippen LogP contribution in [0.15, 0.2) is 30.6 Å². The Balaban J connectivity index is 1.38. The number of nitrogens with zero attached hydrogens (tertiary/aromatic N) is 4. The highest BCUT2D eigenvalue weighted by Crippen LogP contribution is 2.26. The van der Waals surface area contributed by atoms with E-state index in [1.165, 1.54) is 19.2 Å². The number of aryl methyl sites for hydroxylation is 2. The molecule has 28 heavy (non-hydrogen) atoms. The molecule has 1 aliphatic rings. The van der Waals surface area contributed by atoms with Crippen LogP contribution in [-0.4, -0.2) is 31.6 Å². The molecule has 1 amide bonds. The summed E-state index contributed by atoms with van der Waals surface area (Å²) in [6.45, 7) is 3.92. The fourth-order valence-electron chi connectivity index (χ4n) is 3.83. The Morgan fingerprint density at radius 1 is 1.29 bits per heavy atom. The third kappa shape index (κ3) is 3.98. The normalized spacial score (nSPS) is 14.5. The lowest BCUT2D eigenvalue weighted by atomic mass is 10.1. The molecule has 0 saturated heterocycles. The number of carbonyl (C=O) groups is 1. The predicted octanol–water partition coefficient (Wildman–Crippen LogP) is 3.63. The molecule has 4 rings (SSSR count). The summed E-state index contributed by atoms with van der Waals surface area (Å²) in [5, 5.41) is 7.17. The van der Waals surface area contributed by atoms with Crippen molar-refractivity contribution in [1.29, 1.82) is 0 Å². The lowest BCUT2D eigenvalue weighted by Gasteiger charge is -2.14. The van der Waals surface area contributed by atoms with Crippen molar-refractivity contribution in [3.63, 3.8) is 0 Å². The summed E-state index contributed by atoms with van der Waals surface area (Å²) in [5.41, 5.74) is 3.66. The van der Waals surface area contributed by atoms with E-state index in [2.05, 4.69) is 20.4 Å². The largest absolute Gasteiger partial charge is 0.490 e. The minimum absolute atomic E-state index is 0.0319. The molecule has 0 aliphatic heterocycles. The van der Waals surface area contributed by atoms with Gasteiger partial charge in [-0.1, -0.05) is 6.07 Å². The first kappa shape index (κ1) is 18.4. The van der Waals surface area contributed by atoms with Crippen LogP contribution in [0.1, 0.15) is 49.1 Å². The zero-order valence-electron chi connectivity index (χ0n) is 16.3. The van der Waals surface area contributed by atoms with Crippen LogP contribution >= 0.6 is 0 Å². The predicted molar refractivity (Wildman–Crippen MR) is 107 cm³/mol. The highest BCUT2D eigenvalue weighted by atomic mass is 16.5. The van der Waals surface area contributed by atoms with Crippen LogP contribution < -0.4 is 10.1 Å². The molecule has 0 spiro atoms. The topological polar surface area (TPSA) is 81.4 Å². The fraction of sp³-hybridized carbons (Fsp3) is 0.429. The number of hydrogen-bond acceptors (Lipinski definition) is 5. The van der Waals surface area contributed by atoms with Crippen LogP contribution in [0.3, 0.4) is 0 Å². The third-order valence-corrected chi connectivity index (χ3v) is 5.31. The number of hydrogen-bond donors (Lipinski definition) is 1. The molecule has 0 radical (unpaired) electrons. The quantitative estimate of drug-likeness (QED) is 0.707. The Hall–Kier alpha value is -2.96. The average Bonchev–Trinajstić information content (AvgIpc) is 3.33. The van der Waals surface area contributed by atoms with Crippen molar-refractivity contribution < 1.29 is 9.53 Å². The van der Waals surface area contributed by atoms with Crippen molar-refractivity contribution in [2.45, 2.75) is 58.5 Å².